The molecular formula is C14H18FNO2S. The number of sulfonamides is 1. The van der Waals surface area contributed by atoms with Gasteiger partial charge in [0.2, 0.25) is 10.0 Å². The van der Waals surface area contributed by atoms with Crippen molar-refractivity contribution in [1.29, 1.82) is 0 Å². The molecule has 2 unspecified atom stereocenters. The number of hydrogen-bond acceptors (Lipinski definition) is 2. The number of rotatable bonds is 2. The Labute approximate surface area is 113 Å². The number of nitrogens with zero attached hydrogens (tertiary/aromatic N) is 1. The van der Waals surface area contributed by atoms with E-state index < -0.39 is 15.8 Å². The number of benzene rings is 1. The predicted molar refractivity (Wildman–Crippen MR) is 70.7 cm³/mol. The number of halogens is 1. The van der Waals surface area contributed by atoms with E-state index in [0.29, 0.717) is 12.5 Å². The molecule has 1 aliphatic heterocycles. The molecule has 0 bridgehead atoms. The van der Waals surface area contributed by atoms with E-state index >= 15 is 0 Å². The smallest absolute Gasteiger partial charge is 0.207 e. The van der Waals surface area contributed by atoms with E-state index in [1.807, 2.05) is 0 Å². The summed E-state index contributed by atoms with van der Waals surface area (Å²) in [4.78, 5) is 0.210. The van der Waals surface area contributed by atoms with Gasteiger partial charge in [0.15, 0.2) is 0 Å². The van der Waals surface area contributed by atoms with Crippen molar-refractivity contribution >= 4 is 10.0 Å². The first-order chi connectivity index (χ1) is 9.09. The Morgan fingerprint density at radius 2 is 1.74 bits per heavy atom. The van der Waals surface area contributed by atoms with E-state index in [4.69, 9.17) is 0 Å². The van der Waals surface area contributed by atoms with Crippen LogP contribution in [0.2, 0.25) is 0 Å². The van der Waals surface area contributed by atoms with Crippen LogP contribution >= 0.6 is 0 Å². The van der Waals surface area contributed by atoms with Crippen LogP contribution in [0.3, 0.4) is 0 Å². The summed E-state index contributed by atoms with van der Waals surface area (Å²) in [5.41, 5.74) is 0. The number of piperidine rings is 1. The van der Waals surface area contributed by atoms with E-state index in [0.717, 1.165) is 32.1 Å². The Morgan fingerprint density at radius 1 is 1.05 bits per heavy atom. The van der Waals surface area contributed by atoms with E-state index in [1.165, 1.54) is 24.3 Å². The van der Waals surface area contributed by atoms with Gasteiger partial charge < -0.3 is 0 Å². The molecule has 2 fully saturated rings. The lowest BCUT2D eigenvalue weighted by Crippen LogP contribution is -2.46. The average Bonchev–Trinajstić information content (AvgIpc) is 2.87. The molecule has 1 saturated carbocycles. The van der Waals surface area contributed by atoms with Gasteiger partial charge in [-0.1, -0.05) is 6.42 Å². The van der Waals surface area contributed by atoms with E-state index in [9.17, 15) is 12.8 Å². The molecule has 19 heavy (non-hydrogen) atoms. The molecule has 3 rings (SSSR count). The maximum absolute atomic E-state index is 12.9. The lowest BCUT2D eigenvalue weighted by Gasteiger charge is -2.36. The molecule has 0 radical (unpaired) electrons. The maximum Gasteiger partial charge on any atom is 0.243 e. The third-order valence-electron chi connectivity index (χ3n) is 4.36. The summed E-state index contributed by atoms with van der Waals surface area (Å²) in [6.45, 7) is 0.598. The van der Waals surface area contributed by atoms with Gasteiger partial charge in [-0.15, -0.1) is 0 Å². The standard InChI is InChI=1S/C14H18FNO2S/c15-12-6-8-13(9-7-12)19(17,18)16-10-2-4-11-3-1-5-14(11)16/h6-9,11,14H,1-5,10H2. The molecule has 1 saturated heterocycles. The van der Waals surface area contributed by atoms with Crippen LogP contribution in [0.5, 0.6) is 0 Å². The zero-order chi connectivity index (χ0) is 13.5. The van der Waals surface area contributed by atoms with Crippen molar-refractivity contribution in [2.45, 2.75) is 43.0 Å². The highest BCUT2D eigenvalue weighted by Gasteiger charge is 2.41. The molecule has 1 aliphatic carbocycles. The molecule has 2 atom stereocenters. The molecule has 5 heteroatoms. The highest BCUT2D eigenvalue weighted by Crippen LogP contribution is 2.39. The molecule has 1 aromatic carbocycles. The van der Waals surface area contributed by atoms with Crippen molar-refractivity contribution in [3.05, 3.63) is 30.1 Å². The lowest BCUT2D eigenvalue weighted by molar-refractivity contribution is 0.202. The van der Waals surface area contributed by atoms with Crippen molar-refractivity contribution in [3.63, 3.8) is 0 Å². The van der Waals surface area contributed by atoms with Crippen LogP contribution in [-0.4, -0.2) is 25.3 Å². The van der Waals surface area contributed by atoms with Crippen molar-refractivity contribution in [2.75, 3.05) is 6.54 Å². The van der Waals surface area contributed by atoms with Gasteiger partial charge >= 0.3 is 0 Å². The van der Waals surface area contributed by atoms with Gasteiger partial charge in [0.1, 0.15) is 5.82 Å². The molecule has 0 N–H and O–H groups in total. The normalized spacial score (nSPS) is 28.3. The zero-order valence-electron chi connectivity index (χ0n) is 10.8. The van der Waals surface area contributed by atoms with E-state index in [2.05, 4.69) is 0 Å². The largest absolute Gasteiger partial charge is 0.243 e. The number of fused-ring (bicyclic) bond motifs is 1. The Kier molecular flexibility index (Phi) is 3.35. The van der Waals surface area contributed by atoms with Crippen LogP contribution in [0.15, 0.2) is 29.2 Å². The first kappa shape index (κ1) is 13.1. The van der Waals surface area contributed by atoms with Crippen LogP contribution in [0, 0.1) is 11.7 Å². The summed E-state index contributed by atoms with van der Waals surface area (Å²) in [5.74, 6) is 0.111. The highest BCUT2D eigenvalue weighted by atomic mass is 32.2. The quantitative estimate of drug-likeness (QED) is 0.837. The first-order valence-corrected chi connectivity index (χ1v) is 8.30. The van der Waals surface area contributed by atoms with E-state index in [1.54, 1.807) is 4.31 Å². The Hall–Kier alpha value is -0.940. The monoisotopic (exact) mass is 283 g/mol. The molecule has 0 aromatic heterocycles. The van der Waals surface area contributed by atoms with Crippen molar-refractivity contribution < 1.29 is 12.8 Å². The highest BCUT2D eigenvalue weighted by molar-refractivity contribution is 7.89. The van der Waals surface area contributed by atoms with Crippen molar-refractivity contribution in [3.8, 4) is 0 Å². The zero-order valence-corrected chi connectivity index (χ0v) is 11.6. The number of hydrogen-bond donors (Lipinski definition) is 0. The Morgan fingerprint density at radius 3 is 2.47 bits per heavy atom. The Bertz CT molecular complexity index is 555. The van der Waals surface area contributed by atoms with Gasteiger partial charge in [-0.25, -0.2) is 12.8 Å². The molecule has 1 heterocycles. The lowest BCUT2D eigenvalue weighted by atomic mass is 9.94. The second-order valence-electron chi connectivity index (χ2n) is 5.47. The van der Waals surface area contributed by atoms with Gasteiger partial charge in [0.05, 0.1) is 4.90 Å². The summed E-state index contributed by atoms with van der Waals surface area (Å²) in [6.07, 6.45) is 5.29. The van der Waals surface area contributed by atoms with Gasteiger partial charge in [0, 0.05) is 12.6 Å². The summed E-state index contributed by atoms with van der Waals surface area (Å²) in [5, 5.41) is 0. The second-order valence-corrected chi connectivity index (χ2v) is 7.36. The summed E-state index contributed by atoms with van der Waals surface area (Å²) >= 11 is 0. The fourth-order valence-corrected chi connectivity index (χ4v) is 5.20. The molecule has 1 aromatic rings. The molecule has 3 nitrogen and oxygen atoms in total. The molecule has 2 aliphatic rings. The predicted octanol–water partition coefficient (Wildman–Crippen LogP) is 2.78. The molecule has 0 spiro atoms. The minimum atomic E-state index is -3.47. The second kappa shape index (κ2) is 4.87. The third-order valence-corrected chi connectivity index (χ3v) is 6.30. The maximum atomic E-state index is 12.9. The van der Waals surface area contributed by atoms with Gasteiger partial charge in [-0.05, 0) is 55.9 Å². The fourth-order valence-electron chi connectivity index (χ4n) is 3.45. The SMILES string of the molecule is O=S(=O)(c1ccc(F)cc1)N1CCCC2CCCC21. The minimum Gasteiger partial charge on any atom is -0.207 e. The van der Waals surface area contributed by atoms with Crippen LogP contribution in [0.25, 0.3) is 0 Å². The summed E-state index contributed by atoms with van der Waals surface area (Å²) < 4.78 is 39.9. The van der Waals surface area contributed by atoms with Crippen molar-refractivity contribution in [2.24, 2.45) is 5.92 Å². The van der Waals surface area contributed by atoms with Crippen LogP contribution < -0.4 is 0 Å². The minimum absolute atomic E-state index is 0.156. The third kappa shape index (κ3) is 2.30. The van der Waals surface area contributed by atoms with Gasteiger partial charge in [-0.2, -0.15) is 4.31 Å². The van der Waals surface area contributed by atoms with Gasteiger partial charge in [-0.3, -0.25) is 0 Å². The van der Waals surface area contributed by atoms with Crippen LogP contribution in [0.1, 0.15) is 32.1 Å². The first-order valence-electron chi connectivity index (χ1n) is 6.86. The molecular weight excluding hydrogens is 265 g/mol. The topological polar surface area (TPSA) is 37.4 Å². The molecule has 0 amide bonds. The van der Waals surface area contributed by atoms with Crippen molar-refractivity contribution in [1.82, 2.24) is 4.31 Å². The fraction of sp³-hybridized carbons (Fsp3) is 0.571. The summed E-state index contributed by atoms with van der Waals surface area (Å²) in [7, 11) is -3.47. The van der Waals surface area contributed by atoms with E-state index in [-0.39, 0.29) is 10.9 Å². The average molecular weight is 283 g/mol. The van der Waals surface area contributed by atoms with Gasteiger partial charge in [0.25, 0.3) is 0 Å². The van der Waals surface area contributed by atoms with Crippen LogP contribution in [-0.2, 0) is 10.0 Å². The Balaban J connectivity index is 1.93. The molecule has 104 valence electrons. The van der Waals surface area contributed by atoms with Crippen LogP contribution in [0.4, 0.5) is 4.39 Å². The summed E-state index contributed by atoms with van der Waals surface area (Å²) in [6, 6.07) is 5.31.